The van der Waals surface area contributed by atoms with E-state index < -0.39 is 0 Å². The lowest BCUT2D eigenvalue weighted by Gasteiger charge is -1.79. The van der Waals surface area contributed by atoms with Crippen LogP contribution in [0, 0.1) is 0 Å². The van der Waals surface area contributed by atoms with Gasteiger partial charge < -0.3 is 5.73 Å². The molecule has 0 aromatic carbocycles. The van der Waals surface area contributed by atoms with Crippen LogP contribution in [0.2, 0.25) is 0 Å². The van der Waals surface area contributed by atoms with Gasteiger partial charge in [-0.25, -0.2) is 0 Å². The lowest BCUT2D eigenvalue weighted by atomic mass is 10.7. The van der Waals surface area contributed by atoms with Crippen LogP contribution in [0.15, 0.2) is 12.3 Å². The Labute approximate surface area is 53.9 Å². The van der Waals surface area contributed by atoms with E-state index in [4.69, 9.17) is 5.73 Å². The van der Waals surface area contributed by atoms with Crippen LogP contribution in [0.25, 0.3) is 0 Å². The molecule has 0 amide bonds. The van der Waals surface area contributed by atoms with Gasteiger partial charge in [0.2, 0.25) is 0 Å². The van der Waals surface area contributed by atoms with Crippen molar-refractivity contribution in [2.45, 2.75) is 0 Å². The van der Waals surface area contributed by atoms with Gasteiger partial charge in [0.05, 0.1) is 0 Å². The molecule has 1 aromatic heterocycles. The van der Waals surface area contributed by atoms with Gasteiger partial charge in [0, 0.05) is 13.2 Å². The Balaban J connectivity index is 0.000000490. The van der Waals surface area contributed by atoms with Gasteiger partial charge in [-0.2, -0.15) is 5.10 Å². The van der Waals surface area contributed by atoms with Crippen LogP contribution in [-0.4, -0.2) is 9.78 Å². The lowest BCUT2D eigenvalue weighted by molar-refractivity contribution is 0.772. The third-order valence-corrected chi connectivity index (χ3v) is 0.734. The second-order valence-electron chi connectivity index (χ2n) is 1.41. The molecule has 0 aliphatic carbocycles. The molecule has 1 rings (SSSR count). The summed E-state index contributed by atoms with van der Waals surface area (Å²) in [6.45, 7) is 0. The summed E-state index contributed by atoms with van der Waals surface area (Å²) in [4.78, 5) is 0. The SMILES string of the molecule is Cl.Cn1ccc(N)n1. The molecule has 8 heavy (non-hydrogen) atoms. The topological polar surface area (TPSA) is 43.8 Å². The van der Waals surface area contributed by atoms with Gasteiger partial charge in [0.1, 0.15) is 5.82 Å². The molecule has 46 valence electrons. The van der Waals surface area contributed by atoms with Crippen LogP contribution >= 0.6 is 12.4 Å². The Morgan fingerprint density at radius 1 is 1.75 bits per heavy atom. The number of nitrogens with two attached hydrogens (primary N) is 1. The van der Waals surface area contributed by atoms with E-state index in [-0.39, 0.29) is 12.4 Å². The molecular formula is C4H8ClN3. The molecule has 0 aliphatic heterocycles. The zero-order valence-corrected chi connectivity index (χ0v) is 5.35. The molecule has 1 aromatic rings. The summed E-state index contributed by atoms with van der Waals surface area (Å²) in [7, 11) is 1.83. The molecule has 0 unspecified atom stereocenters. The van der Waals surface area contributed by atoms with Gasteiger partial charge in [-0.15, -0.1) is 12.4 Å². The van der Waals surface area contributed by atoms with E-state index in [0.717, 1.165) is 0 Å². The standard InChI is InChI=1S/C4H7N3.ClH/c1-7-3-2-4(5)6-7;/h2-3H,1H3,(H2,5,6);1H. The van der Waals surface area contributed by atoms with Crippen molar-refractivity contribution >= 4 is 18.2 Å². The molecule has 0 radical (unpaired) electrons. The monoisotopic (exact) mass is 133 g/mol. The van der Waals surface area contributed by atoms with E-state index in [0.29, 0.717) is 5.82 Å². The van der Waals surface area contributed by atoms with Crippen LogP contribution in [0.3, 0.4) is 0 Å². The minimum atomic E-state index is 0. The number of aryl methyl sites for hydroxylation is 1. The quantitative estimate of drug-likeness (QED) is 0.558. The Bertz CT molecular complexity index is 144. The first-order valence-corrected chi connectivity index (χ1v) is 2.04. The van der Waals surface area contributed by atoms with Gasteiger partial charge in [0.15, 0.2) is 0 Å². The van der Waals surface area contributed by atoms with Gasteiger partial charge in [-0.05, 0) is 6.07 Å². The molecule has 0 bridgehead atoms. The molecule has 4 heteroatoms. The van der Waals surface area contributed by atoms with E-state index in [1.165, 1.54) is 0 Å². The van der Waals surface area contributed by atoms with Gasteiger partial charge in [0.25, 0.3) is 0 Å². The maximum Gasteiger partial charge on any atom is 0.145 e. The fourth-order valence-corrected chi connectivity index (χ4v) is 0.433. The minimum absolute atomic E-state index is 0. The van der Waals surface area contributed by atoms with Crippen molar-refractivity contribution in [3.63, 3.8) is 0 Å². The smallest absolute Gasteiger partial charge is 0.145 e. The highest BCUT2D eigenvalue weighted by atomic mass is 35.5. The Hall–Kier alpha value is -0.700. The highest BCUT2D eigenvalue weighted by molar-refractivity contribution is 5.85. The molecule has 0 fully saturated rings. The van der Waals surface area contributed by atoms with E-state index >= 15 is 0 Å². The number of rotatable bonds is 0. The van der Waals surface area contributed by atoms with Crippen molar-refractivity contribution in [1.82, 2.24) is 9.78 Å². The van der Waals surface area contributed by atoms with E-state index in [1.807, 2.05) is 7.05 Å². The zero-order chi connectivity index (χ0) is 5.28. The van der Waals surface area contributed by atoms with E-state index in [2.05, 4.69) is 5.10 Å². The summed E-state index contributed by atoms with van der Waals surface area (Å²) in [6.07, 6.45) is 1.80. The van der Waals surface area contributed by atoms with Crippen molar-refractivity contribution in [3.8, 4) is 0 Å². The molecule has 0 spiro atoms. The molecule has 0 saturated carbocycles. The van der Waals surface area contributed by atoms with Gasteiger partial charge in [-0.3, -0.25) is 4.68 Å². The first-order valence-electron chi connectivity index (χ1n) is 2.04. The highest BCUT2D eigenvalue weighted by Crippen LogP contribution is 1.90. The number of nitrogen functional groups attached to an aromatic ring is 1. The summed E-state index contributed by atoms with van der Waals surface area (Å²) < 4.78 is 1.66. The second kappa shape index (κ2) is 2.57. The second-order valence-corrected chi connectivity index (χ2v) is 1.41. The number of halogens is 1. The number of aromatic nitrogens is 2. The molecule has 0 aliphatic rings. The number of hydrogen-bond acceptors (Lipinski definition) is 2. The minimum Gasteiger partial charge on any atom is -0.382 e. The molecule has 2 N–H and O–H groups in total. The Morgan fingerprint density at radius 3 is 2.50 bits per heavy atom. The third kappa shape index (κ3) is 1.42. The van der Waals surface area contributed by atoms with Crippen molar-refractivity contribution < 1.29 is 0 Å². The molecule has 0 atom stereocenters. The summed E-state index contributed by atoms with van der Waals surface area (Å²) in [5.41, 5.74) is 5.25. The van der Waals surface area contributed by atoms with Crippen LogP contribution in [0.4, 0.5) is 5.82 Å². The van der Waals surface area contributed by atoms with Crippen LogP contribution in [0.1, 0.15) is 0 Å². The van der Waals surface area contributed by atoms with E-state index in [1.54, 1.807) is 16.9 Å². The number of nitrogens with zero attached hydrogens (tertiary/aromatic N) is 2. The summed E-state index contributed by atoms with van der Waals surface area (Å²) in [6, 6.07) is 1.75. The summed E-state index contributed by atoms with van der Waals surface area (Å²) in [5.74, 6) is 0.572. The third-order valence-electron chi connectivity index (χ3n) is 0.734. The van der Waals surface area contributed by atoms with Gasteiger partial charge >= 0.3 is 0 Å². The Morgan fingerprint density at radius 2 is 2.38 bits per heavy atom. The van der Waals surface area contributed by atoms with Crippen LogP contribution < -0.4 is 5.73 Å². The summed E-state index contributed by atoms with van der Waals surface area (Å²) >= 11 is 0. The van der Waals surface area contributed by atoms with Crippen LogP contribution in [-0.2, 0) is 7.05 Å². The lowest BCUT2D eigenvalue weighted by Crippen LogP contribution is -1.89. The van der Waals surface area contributed by atoms with Crippen molar-refractivity contribution in [2.75, 3.05) is 5.73 Å². The predicted octanol–water partition coefficient (Wildman–Crippen LogP) is 0.424. The van der Waals surface area contributed by atoms with Gasteiger partial charge in [-0.1, -0.05) is 0 Å². The maximum absolute atomic E-state index is 5.25. The average Bonchev–Trinajstić information content (AvgIpc) is 1.87. The predicted molar refractivity (Wildman–Crippen MR) is 34.9 cm³/mol. The van der Waals surface area contributed by atoms with E-state index in [9.17, 15) is 0 Å². The fourth-order valence-electron chi connectivity index (χ4n) is 0.433. The molecule has 1 heterocycles. The first-order chi connectivity index (χ1) is 3.29. The number of anilines is 1. The van der Waals surface area contributed by atoms with Crippen LogP contribution in [0.5, 0.6) is 0 Å². The van der Waals surface area contributed by atoms with Crippen molar-refractivity contribution in [2.24, 2.45) is 7.05 Å². The van der Waals surface area contributed by atoms with Crippen molar-refractivity contribution in [3.05, 3.63) is 12.3 Å². The maximum atomic E-state index is 5.25. The number of hydrogen-bond donors (Lipinski definition) is 1. The van der Waals surface area contributed by atoms with Crippen molar-refractivity contribution in [1.29, 1.82) is 0 Å². The largest absolute Gasteiger partial charge is 0.382 e. The molecule has 0 saturated heterocycles. The Kier molecular flexibility index (Phi) is 2.34. The highest BCUT2D eigenvalue weighted by Gasteiger charge is 1.82. The fraction of sp³-hybridized carbons (Fsp3) is 0.250. The zero-order valence-electron chi connectivity index (χ0n) is 4.53. The first kappa shape index (κ1) is 7.30. The summed E-state index contributed by atoms with van der Waals surface area (Å²) in [5, 5.41) is 3.81. The molecule has 3 nitrogen and oxygen atoms in total. The normalized spacial score (nSPS) is 8.12. The molecular weight excluding hydrogens is 126 g/mol. The average molecular weight is 134 g/mol.